The molecule has 2 nitrogen and oxygen atoms in total. The lowest BCUT2D eigenvalue weighted by molar-refractivity contribution is 0.294. The van der Waals surface area contributed by atoms with Crippen LogP contribution in [-0.4, -0.2) is 19.0 Å². The van der Waals surface area contributed by atoms with E-state index in [9.17, 15) is 4.39 Å². The molecule has 2 atom stereocenters. The zero-order valence-electron chi connectivity index (χ0n) is 29.1. The molecule has 250 valence electrons. The number of rotatable bonds is 17. The molecular weight excluding hydrogens is 608 g/mol. The number of unbranched alkanes of at least 4 members (excludes halogenated alkanes) is 2. The summed E-state index contributed by atoms with van der Waals surface area (Å²) < 4.78 is 21.7. The van der Waals surface area contributed by atoms with E-state index in [0.717, 1.165) is 55.4 Å². The fourth-order valence-electron chi connectivity index (χ4n) is 6.70. The van der Waals surface area contributed by atoms with Crippen LogP contribution in [0.25, 0.3) is 0 Å². The number of ether oxygens (including phenoxy) is 1. The van der Waals surface area contributed by atoms with Gasteiger partial charge in [-0.25, -0.2) is 4.39 Å². The van der Waals surface area contributed by atoms with Crippen LogP contribution in [0.2, 0.25) is 0 Å². The maximum Gasteiger partial charge on any atom is 0.127 e. The van der Waals surface area contributed by atoms with Gasteiger partial charge in [0.25, 0.3) is 0 Å². The van der Waals surface area contributed by atoms with Gasteiger partial charge in [-0.15, -0.1) is 0 Å². The zero-order chi connectivity index (χ0) is 33.8. The topological polar surface area (TPSA) is 12.5 Å². The van der Waals surface area contributed by atoms with E-state index in [1.165, 1.54) is 39.5 Å². The molecule has 0 bridgehead atoms. The minimum absolute atomic E-state index is 0.168. The fraction of sp³-hybridized carbons (Fsp3) is 0.318. The molecule has 5 aromatic rings. The second-order valence-corrected chi connectivity index (χ2v) is 15.0. The van der Waals surface area contributed by atoms with Gasteiger partial charge in [-0.3, -0.25) is 0 Å². The molecule has 0 heterocycles. The quantitative estimate of drug-likeness (QED) is 0.0728. The van der Waals surface area contributed by atoms with E-state index in [0.29, 0.717) is 21.7 Å². The summed E-state index contributed by atoms with van der Waals surface area (Å²) in [5.74, 6) is 0.844. The number of benzene rings is 5. The van der Waals surface area contributed by atoms with E-state index in [2.05, 4.69) is 136 Å². The van der Waals surface area contributed by atoms with Crippen molar-refractivity contribution in [2.75, 3.05) is 14.1 Å². The van der Waals surface area contributed by atoms with Crippen molar-refractivity contribution in [3.63, 3.8) is 0 Å². The summed E-state index contributed by atoms with van der Waals surface area (Å²) in [5.41, 5.74) is 8.64. The smallest absolute Gasteiger partial charge is 0.127 e. The molecule has 0 saturated heterocycles. The summed E-state index contributed by atoms with van der Waals surface area (Å²) in [6.07, 6.45) is 7.15. The summed E-state index contributed by atoms with van der Waals surface area (Å²) in [5, 5.41) is 1.08. The lowest BCUT2D eigenvalue weighted by Crippen LogP contribution is -2.27. The van der Waals surface area contributed by atoms with Crippen molar-refractivity contribution in [1.82, 2.24) is 4.90 Å². The second-order valence-electron chi connectivity index (χ2n) is 13.3. The van der Waals surface area contributed by atoms with Crippen LogP contribution < -0.4 is 10.0 Å². The Hall–Kier alpha value is -3.78. The first-order chi connectivity index (χ1) is 23.4. The number of halogens is 1. The van der Waals surface area contributed by atoms with Gasteiger partial charge in [-0.1, -0.05) is 151 Å². The molecule has 48 heavy (non-hydrogen) atoms. The van der Waals surface area contributed by atoms with Crippen molar-refractivity contribution in [3.05, 3.63) is 166 Å². The maximum absolute atomic E-state index is 14.7. The Balaban J connectivity index is 1.72. The molecule has 0 aliphatic carbocycles. The Morgan fingerprint density at radius 2 is 1.29 bits per heavy atom. The van der Waals surface area contributed by atoms with Gasteiger partial charge in [0.2, 0.25) is 0 Å². The van der Waals surface area contributed by atoms with Crippen LogP contribution in [0.15, 0.2) is 121 Å². The summed E-state index contributed by atoms with van der Waals surface area (Å²) in [4.78, 5) is 2.14. The minimum atomic E-state index is -0.171. The van der Waals surface area contributed by atoms with Gasteiger partial charge in [0.1, 0.15) is 18.2 Å². The monoisotopic (exact) mass is 659 g/mol. The predicted octanol–water partition coefficient (Wildman–Crippen LogP) is 10.8. The van der Waals surface area contributed by atoms with E-state index in [1.807, 2.05) is 6.07 Å². The molecule has 5 aromatic carbocycles. The largest absolute Gasteiger partial charge is 0.488 e. The van der Waals surface area contributed by atoms with Crippen LogP contribution in [0.3, 0.4) is 0 Å². The van der Waals surface area contributed by atoms with Crippen LogP contribution in [-0.2, 0) is 31.1 Å². The maximum atomic E-state index is 14.7. The third kappa shape index (κ3) is 9.65. The van der Waals surface area contributed by atoms with Gasteiger partial charge in [0.15, 0.2) is 0 Å². The van der Waals surface area contributed by atoms with E-state index < -0.39 is 0 Å². The Bertz CT molecular complexity index is 1710. The highest BCUT2D eigenvalue weighted by Crippen LogP contribution is 2.53. The molecule has 0 aliphatic heterocycles. The minimum Gasteiger partial charge on any atom is -0.488 e. The standard InChI is InChI=1S/C44H51FNOP/c1-5-7-17-26-44(6-2,48-42-25-24-40(45)31-39(42)32-46(3)4)41-30-37(27-34-18-11-8-12-19-34)29-38(28-35-20-13-9-14-21-35)43(41)47-33-36-22-15-10-16-23-36/h8-16,18-25,29-31,48H,5-7,17,26-28,32-33H2,1-4H3. The molecule has 0 saturated carbocycles. The second kappa shape index (κ2) is 17.6. The van der Waals surface area contributed by atoms with Gasteiger partial charge in [0, 0.05) is 23.7 Å². The Morgan fingerprint density at radius 1 is 0.667 bits per heavy atom. The average molecular weight is 660 g/mol. The molecule has 5 rings (SSSR count). The highest BCUT2D eigenvalue weighted by molar-refractivity contribution is 7.48. The molecular formula is C44H51FNOP. The molecule has 0 aromatic heterocycles. The summed E-state index contributed by atoms with van der Waals surface area (Å²) in [6, 6.07) is 42.3. The van der Waals surface area contributed by atoms with Crippen molar-refractivity contribution in [2.24, 2.45) is 0 Å². The molecule has 0 radical (unpaired) electrons. The first-order valence-electron chi connectivity index (χ1n) is 17.5. The van der Waals surface area contributed by atoms with Crippen LogP contribution in [0.1, 0.15) is 84.9 Å². The molecule has 0 fully saturated rings. The van der Waals surface area contributed by atoms with Gasteiger partial charge in [0.05, 0.1) is 0 Å². The number of hydrogen-bond donors (Lipinski definition) is 0. The lowest BCUT2D eigenvalue weighted by atomic mass is 9.84. The molecule has 0 N–H and O–H groups in total. The lowest BCUT2D eigenvalue weighted by Gasteiger charge is -2.37. The molecule has 4 heteroatoms. The van der Waals surface area contributed by atoms with Gasteiger partial charge in [-0.2, -0.15) is 0 Å². The molecule has 0 amide bonds. The Labute approximate surface area is 290 Å². The van der Waals surface area contributed by atoms with Crippen molar-refractivity contribution in [3.8, 4) is 5.75 Å². The van der Waals surface area contributed by atoms with Gasteiger partial charge < -0.3 is 9.64 Å². The first-order valence-corrected chi connectivity index (χ1v) is 18.5. The predicted molar refractivity (Wildman–Crippen MR) is 204 cm³/mol. The van der Waals surface area contributed by atoms with E-state index in [4.69, 9.17) is 4.74 Å². The zero-order valence-corrected chi connectivity index (χ0v) is 30.1. The Kier molecular flexibility index (Phi) is 13.0. The summed E-state index contributed by atoms with van der Waals surface area (Å²) >= 11 is 0. The van der Waals surface area contributed by atoms with Gasteiger partial charge in [-0.05, 0) is 84.2 Å². The molecule has 0 spiro atoms. The van der Waals surface area contributed by atoms with Gasteiger partial charge >= 0.3 is 0 Å². The van der Waals surface area contributed by atoms with E-state index >= 15 is 0 Å². The fourth-order valence-corrected chi connectivity index (χ4v) is 8.49. The SMILES string of the molecule is CCCCCC(CC)(Pc1ccc(F)cc1CN(C)C)c1cc(Cc2ccccc2)cc(Cc2ccccc2)c1OCc1ccccc1. The summed E-state index contributed by atoms with van der Waals surface area (Å²) in [6.45, 7) is 5.83. The van der Waals surface area contributed by atoms with Crippen molar-refractivity contribution >= 4 is 13.9 Å². The number of nitrogens with zero attached hydrogens (tertiary/aromatic N) is 1. The molecule has 0 aliphatic rings. The van der Waals surface area contributed by atoms with Crippen LogP contribution >= 0.6 is 8.58 Å². The first kappa shape index (κ1) is 35.5. The highest BCUT2D eigenvalue weighted by Gasteiger charge is 2.35. The highest BCUT2D eigenvalue weighted by atomic mass is 31.1. The van der Waals surface area contributed by atoms with Crippen LogP contribution in [0.5, 0.6) is 5.75 Å². The number of hydrogen-bond acceptors (Lipinski definition) is 2. The van der Waals surface area contributed by atoms with Crippen molar-refractivity contribution < 1.29 is 9.13 Å². The average Bonchev–Trinajstić information content (AvgIpc) is 3.09. The molecule has 2 unspecified atom stereocenters. The van der Waals surface area contributed by atoms with Crippen LogP contribution in [0, 0.1) is 5.82 Å². The van der Waals surface area contributed by atoms with Crippen LogP contribution in [0.4, 0.5) is 4.39 Å². The normalized spacial score (nSPS) is 12.9. The third-order valence-electron chi connectivity index (χ3n) is 9.19. The van der Waals surface area contributed by atoms with E-state index in [1.54, 1.807) is 12.1 Å². The third-order valence-corrected chi connectivity index (χ3v) is 11.3. The van der Waals surface area contributed by atoms with Crippen molar-refractivity contribution in [1.29, 1.82) is 0 Å². The van der Waals surface area contributed by atoms with Crippen molar-refractivity contribution in [2.45, 2.75) is 77.1 Å². The Morgan fingerprint density at radius 3 is 1.90 bits per heavy atom. The van der Waals surface area contributed by atoms with E-state index in [-0.39, 0.29) is 11.0 Å². The summed E-state index contributed by atoms with van der Waals surface area (Å²) in [7, 11) is 4.59.